The number of non-ortho nitro benzene ring substituents is 1. The first-order valence-corrected chi connectivity index (χ1v) is 8.05. The quantitative estimate of drug-likeness (QED) is 0.635. The van der Waals surface area contributed by atoms with Crippen molar-refractivity contribution in [1.29, 1.82) is 0 Å². The molecule has 1 aromatic carbocycles. The maximum Gasteiger partial charge on any atom is 0.301 e. The highest BCUT2D eigenvalue weighted by molar-refractivity contribution is 5.88. The van der Waals surface area contributed by atoms with Gasteiger partial charge in [-0.1, -0.05) is 20.8 Å². The van der Waals surface area contributed by atoms with Crippen LogP contribution in [0.3, 0.4) is 0 Å². The van der Waals surface area contributed by atoms with E-state index in [0.717, 1.165) is 31.0 Å². The highest BCUT2D eigenvalue weighted by atomic mass is 16.6. The van der Waals surface area contributed by atoms with Crippen LogP contribution in [0, 0.1) is 38.0 Å². The zero-order chi connectivity index (χ0) is 17.9. The van der Waals surface area contributed by atoms with E-state index < -0.39 is 9.85 Å². The van der Waals surface area contributed by atoms with Crippen LogP contribution in [0.5, 0.6) is 0 Å². The van der Waals surface area contributed by atoms with Gasteiger partial charge in [0.1, 0.15) is 5.69 Å². The summed E-state index contributed by atoms with van der Waals surface area (Å²) in [5.74, 6) is 1.34. The molecule has 0 amide bonds. The number of hydrogen-bond acceptors (Lipinski definition) is 6. The molecule has 24 heavy (non-hydrogen) atoms. The number of hydrogen-bond donors (Lipinski definition) is 1. The lowest BCUT2D eigenvalue weighted by Crippen LogP contribution is -2.28. The maximum atomic E-state index is 11.2. The smallest absolute Gasteiger partial charge is 0.272 e. The molecule has 1 aromatic rings. The second-order valence-electron chi connectivity index (χ2n) is 6.67. The van der Waals surface area contributed by atoms with Crippen LogP contribution in [0.1, 0.15) is 40.0 Å². The largest absolute Gasteiger partial charge is 0.301 e. The van der Waals surface area contributed by atoms with Gasteiger partial charge in [0.25, 0.3) is 5.69 Å². The van der Waals surface area contributed by atoms with Crippen molar-refractivity contribution >= 4 is 22.8 Å². The number of nitro groups is 2. The first-order chi connectivity index (χ1) is 11.3. The first-order valence-electron chi connectivity index (χ1n) is 8.05. The van der Waals surface area contributed by atoms with Crippen LogP contribution in [0.25, 0.3) is 0 Å². The Morgan fingerprint density at radius 3 is 2.50 bits per heavy atom. The number of anilines is 1. The Bertz CT molecular complexity index is 672. The third-order valence-electron chi connectivity index (χ3n) is 4.47. The lowest BCUT2D eigenvalue weighted by molar-refractivity contribution is -0.393. The van der Waals surface area contributed by atoms with Crippen molar-refractivity contribution in [3.8, 4) is 0 Å². The van der Waals surface area contributed by atoms with Gasteiger partial charge in [0.15, 0.2) is 0 Å². The molecule has 1 saturated carbocycles. The molecule has 0 heterocycles. The Hall–Kier alpha value is -2.51. The van der Waals surface area contributed by atoms with Gasteiger partial charge in [-0.25, -0.2) is 0 Å². The van der Waals surface area contributed by atoms with Crippen molar-refractivity contribution in [1.82, 2.24) is 0 Å². The fraction of sp³-hybridized carbons (Fsp3) is 0.562. The lowest BCUT2D eigenvalue weighted by atomic mass is 9.76. The van der Waals surface area contributed by atoms with Crippen LogP contribution in [0.4, 0.5) is 17.1 Å². The molecule has 2 atom stereocenters. The van der Waals surface area contributed by atoms with Crippen LogP contribution in [-0.4, -0.2) is 15.6 Å². The molecule has 0 aliphatic heterocycles. The third-order valence-corrected chi connectivity index (χ3v) is 4.47. The summed E-state index contributed by atoms with van der Waals surface area (Å²) in [5.41, 5.74) is 3.27. The fourth-order valence-electron chi connectivity index (χ4n) is 3.10. The van der Waals surface area contributed by atoms with Crippen LogP contribution < -0.4 is 5.43 Å². The molecule has 0 saturated heterocycles. The average Bonchev–Trinajstić information content (AvgIpc) is 2.52. The molecule has 0 radical (unpaired) electrons. The summed E-state index contributed by atoms with van der Waals surface area (Å²) in [6, 6.07) is 3.52. The number of nitrogens with zero attached hydrogens (tertiary/aromatic N) is 3. The van der Waals surface area contributed by atoms with Gasteiger partial charge in [0.2, 0.25) is 0 Å². The van der Waals surface area contributed by atoms with E-state index in [9.17, 15) is 20.2 Å². The predicted octanol–water partition coefficient (Wildman–Crippen LogP) is 4.36. The van der Waals surface area contributed by atoms with Gasteiger partial charge < -0.3 is 0 Å². The molecule has 1 N–H and O–H groups in total. The number of benzene rings is 1. The minimum atomic E-state index is -0.652. The zero-order valence-electron chi connectivity index (χ0n) is 14.1. The Kier molecular flexibility index (Phi) is 5.48. The average molecular weight is 334 g/mol. The number of nitrogens with one attached hydrogen (secondary N) is 1. The predicted molar refractivity (Wildman–Crippen MR) is 92.2 cm³/mol. The summed E-state index contributed by atoms with van der Waals surface area (Å²) < 4.78 is 0. The van der Waals surface area contributed by atoms with Gasteiger partial charge in [0, 0.05) is 17.7 Å². The van der Waals surface area contributed by atoms with Gasteiger partial charge >= 0.3 is 5.69 Å². The molecule has 130 valence electrons. The second-order valence-corrected chi connectivity index (χ2v) is 6.67. The molecule has 1 aliphatic rings. The monoisotopic (exact) mass is 334 g/mol. The highest BCUT2D eigenvalue weighted by Crippen LogP contribution is 2.33. The standard InChI is InChI=1S/C16H22N4O4/c1-10(2)13-6-4-11(3)8-15(13)18-17-14-7-5-12(19(21)22)9-16(14)20(23)24/h5,7,9-11,13,17H,4,6,8H2,1-3H3/b18-15+/t11-,13+/m1/s1. The minimum Gasteiger partial charge on any atom is -0.272 e. The zero-order valence-corrected chi connectivity index (χ0v) is 14.1. The molecule has 0 spiro atoms. The van der Waals surface area contributed by atoms with E-state index in [4.69, 9.17) is 0 Å². The molecule has 1 aliphatic carbocycles. The van der Waals surface area contributed by atoms with Crippen molar-refractivity contribution < 1.29 is 9.85 Å². The minimum absolute atomic E-state index is 0.166. The fourth-order valence-corrected chi connectivity index (χ4v) is 3.10. The molecule has 2 rings (SSSR count). The molecule has 1 fully saturated rings. The Morgan fingerprint density at radius 1 is 1.21 bits per heavy atom. The molecule has 0 unspecified atom stereocenters. The van der Waals surface area contributed by atoms with E-state index in [1.54, 1.807) is 0 Å². The summed E-state index contributed by atoms with van der Waals surface area (Å²) in [4.78, 5) is 20.7. The van der Waals surface area contributed by atoms with Crippen LogP contribution in [-0.2, 0) is 0 Å². The van der Waals surface area contributed by atoms with E-state index >= 15 is 0 Å². The topological polar surface area (TPSA) is 111 Å². The van der Waals surface area contributed by atoms with E-state index in [2.05, 4.69) is 31.3 Å². The van der Waals surface area contributed by atoms with Crippen LogP contribution >= 0.6 is 0 Å². The molecule has 0 aromatic heterocycles. The van der Waals surface area contributed by atoms with Gasteiger partial charge in [-0.2, -0.15) is 5.10 Å². The molecule has 0 bridgehead atoms. The summed E-state index contributed by atoms with van der Waals surface area (Å²) in [6.07, 6.45) is 3.07. The Labute approximate surface area is 140 Å². The summed E-state index contributed by atoms with van der Waals surface area (Å²) in [7, 11) is 0. The van der Waals surface area contributed by atoms with E-state index in [1.807, 2.05) is 0 Å². The lowest BCUT2D eigenvalue weighted by Gasteiger charge is -2.30. The highest BCUT2D eigenvalue weighted by Gasteiger charge is 2.27. The van der Waals surface area contributed by atoms with Gasteiger partial charge in [-0.3, -0.25) is 25.7 Å². The van der Waals surface area contributed by atoms with Crippen LogP contribution in [0.2, 0.25) is 0 Å². The summed E-state index contributed by atoms with van der Waals surface area (Å²) in [5, 5.41) is 26.4. The number of rotatable bonds is 5. The molecule has 8 nitrogen and oxygen atoms in total. The van der Waals surface area contributed by atoms with Gasteiger partial charge in [0.05, 0.1) is 15.9 Å². The van der Waals surface area contributed by atoms with Crippen molar-refractivity contribution in [2.24, 2.45) is 22.9 Å². The third kappa shape index (κ3) is 4.06. The summed E-state index contributed by atoms with van der Waals surface area (Å²) >= 11 is 0. The van der Waals surface area contributed by atoms with Gasteiger partial charge in [-0.05, 0) is 37.2 Å². The normalized spacial score (nSPS) is 22.6. The van der Waals surface area contributed by atoms with E-state index in [-0.39, 0.29) is 17.1 Å². The Morgan fingerprint density at radius 2 is 1.92 bits per heavy atom. The second kappa shape index (κ2) is 7.37. The molecular formula is C16H22N4O4. The Balaban J connectivity index is 2.29. The van der Waals surface area contributed by atoms with Crippen molar-refractivity contribution in [3.05, 3.63) is 38.4 Å². The SMILES string of the molecule is CC(C)[C@@H]1CC[C@@H](C)C/C1=N\Nc1ccc([N+](=O)[O-])cc1[N+](=O)[O-]. The van der Waals surface area contributed by atoms with Crippen LogP contribution in [0.15, 0.2) is 23.3 Å². The van der Waals surface area contributed by atoms with E-state index in [0.29, 0.717) is 17.8 Å². The van der Waals surface area contributed by atoms with Crippen molar-refractivity contribution in [2.75, 3.05) is 5.43 Å². The maximum absolute atomic E-state index is 11.2. The first kappa shape index (κ1) is 17.8. The number of nitro benzene ring substituents is 2. The van der Waals surface area contributed by atoms with Crippen molar-refractivity contribution in [3.63, 3.8) is 0 Å². The summed E-state index contributed by atoms with van der Waals surface area (Å²) in [6.45, 7) is 6.45. The van der Waals surface area contributed by atoms with Gasteiger partial charge in [-0.15, -0.1) is 0 Å². The van der Waals surface area contributed by atoms with E-state index in [1.165, 1.54) is 12.1 Å². The van der Waals surface area contributed by atoms with Crippen molar-refractivity contribution in [2.45, 2.75) is 40.0 Å². The number of hydrazone groups is 1. The molecule has 8 heteroatoms. The molecular weight excluding hydrogens is 312 g/mol.